The number of carbonyl (C=O) groups is 2. The highest BCUT2D eigenvalue weighted by molar-refractivity contribution is 7.86. The van der Waals surface area contributed by atoms with Crippen molar-refractivity contribution in [3.05, 3.63) is 106 Å². The number of rotatable bonds is 11. The van der Waals surface area contributed by atoms with E-state index in [9.17, 15) is 18.0 Å². The van der Waals surface area contributed by atoms with Crippen LogP contribution in [0, 0.1) is 0 Å². The number of hydrogen-bond donors (Lipinski definition) is 3. The third kappa shape index (κ3) is 7.51. The molecule has 0 spiro atoms. The normalized spacial score (nSPS) is 12.8. The third-order valence-corrected chi connectivity index (χ3v) is 8.12. The van der Waals surface area contributed by atoms with E-state index in [2.05, 4.69) is 14.9 Å². The van der Waals surface area contributed by atoms with Gasteiger partial charge in [-0.15, -0.1) is 11.3 Å². The van der Waals surface area contributed by atoms with Crippen LogP contribution >= 0.6 is 11.3 Å². The van der Waals surface area contributed by atoms with E-state index in [-0.39, 0.29) is 11.3 Å². The lowest BCUT2D eigenvalue weighted by Crippen LogP contribution is -2.49. The van der Waals surface area contributed by atoms with Crippen LogP contribution in [-0.4, -0.2) is 38.6 Å². The molecule has 40 heavy (non-hydrogen) atoms. The van der Waals surface area contributed by atoms with Gasteiger partial charge in [0.25, 0.3) is 0 Å². The minimum absolute atomic E-state index is 0.0925. The summed E-state index contributed by atoms with van der Waals surface area (Å²) in [5, 5.41) is 8.20. The molecular weight excluding hydrogens is 552 g/mol. The minimum atomic E-state index is -4.05. The average molecular weight is 581 g/mol. The maximum atomic E-state index is 13.6. The summed E-state index contributed by atoms with van der Waals surface area (Å²) in [5.74, 6) is 4.46. The Morgan fingerprint density at radius 3 is 2.15 bits per heavy atom. The highest BCUT2D eigenvalue weighted by atomic mass is 32.2. The number of alkyl carbamates (subject to hydrolysis) is 1. The van der Waals surface area contributed by atoms with Gasteiger partial charge in [0, 0.05) is 17.4 Å². The summed E-state index contributed by atoms with van der Waals surface area (Å²) in [7, 11) is -2.82. The van der Waals surface area contributed by atoms with E-state index in [1.165, 1.54) is 30.6 Å². The molecule has 4 N–H and O–H groups in total. The molecule has 1 aromatic heterocycles. The van der Waals surface area contributed by atoms with Gasteiger partial charge in [-0.3, -0.25) is 4.79 Å². The highest BCUT2D eigenvalue weighted by Gasteiger charge is 2.27. The van der Waals surface area contributed by atoms with Gasteiger partial charge in [-0.05, 0) is 29.7 Å². The van der Waals surface area contributed by atoms with Crippen LogP contribution in [0.1, 0.15) is 22.2 Å². The number of aromatic nitrogens is 1. The molecule has 0 aliphatic heterocycles. The highest BCUT2D eigenvalue weighted by Crippen LogP contribution is 2.28. The van der Waals surface area contributed by atoms with Crippen molar-refractivity contribution in [1.29, 1.82) is 0 Å². The van der Waals surface area contributed by atoms with E-state index in [1.807, 2.05) is 66.0 Å². The lowest BCUT2D eigenvalue weighted by atomic mass is 10.0. The zero-order valence-electron chi connectivity index (χ0n) is 21.5. The summed E-state index contributed by atoms with van der Waals surface area (Å²) in [6.07, 6.45) is -0.187. The summed E-state index contributed by atoms with van der Waals surface area (Å²) < 4.78 is 32.7. The third-order valence-electron chi connectivity index (χ3n) is 6.06. The molecule has 0 saturated heterocycles. The number of hydrogen-bond acceptors (Lipinski definition) is 9. The lowest BCUT2D eigenvalue weighted by Gasteiger charge is -2.22. The van der Waals surface area contributed by atoms with Gasteiger partial charge in [0.1, 0.15) is 11.0 Å². The van der Waals surface area contributed by atoms with E-state index in [1.54, 1.807) is 12.1 Å². The molecule has 2 amide bonds. The van der Waals surface area contributed by atoms with Crippen LogP contribution in [0.2, 0.25) is 0 Å². The zero-order valence-corrected chi connectivity index (χ0v) is 23.2. The summed E-state index contributed by atoms with van der Waals surface area (Å²) in [6, 6.07) is 23.4. The Morgan fingerprint density at radius 1 is 0.900 bits per heavy atom. The number of carbonyl (C=O) groups excluding carboxylic acids is 2. The summed E-state index contributed by atoms with van der Waals surface area (Å²) in [4.78, 5) is 30.3. The topological polar surface area (TPSA) is 150 Å². The van der Waals surface area contributed by atoms with Crippen molar-refractivity contribution < 1.29 is 27.0 Å². The number of nitrogens with one attached hydrogen (secondary N) is 2. The van der Waals surface area contributed by atoms with E-state index in [4.69, 9.17) is 15.6 Å². The summed E-state index contributed by atoms with van der Waals surface area (Å²) in [6.45, 7) is 0. The maximum absolute atomic E-state index is 13.6. The molecule has 12 heteroatoms. The smallest absolute Gasteiger partial charge is 0.407 e. The Balaban J connectivity index is 1.62. The first kappa shape index (κ1) is 28.9. The first-order valence-corrected chi connectivity index (χ1v) is 14.5. The van der Waals surface area contributed by atoms with Crippen LogP contribution in [0.4, 0.5) is 4.79 Å². The van der Waals surface area contributed by atoms with E-state index < -0.39 is 34.2 Å². The SMILES string of the molecule is COC(=O)N[C@@H](Cc1ccccc1)C(=O)N[C@@H](Cc1ccc(S(=O)(=O)ON)cc1)c1nc(-c2ccccc2)cs1. The van der Waals surface area contributed by atoms with E-state index in [0.29, 0.717) is 11.4 Å². The average Bonchev–Trinajstić information content (AvgIpc) is 3.48. The molecule has 0 radical (unpaired) electrons. The molecule has 3 aromatic carbocycles. The molecule has 0 aliphatic carbocycles. The standard InChI is InChI=1S/C28H28N4O6S2/c1-37-28(34)32-23(16-19-8-4-2-5-9-19)26(33)30-24(17-20-12-14-22(15-13-20)40(35,36)38-29)27-31-25(18-39-27)21-10-6-3-7-11-21/h2-15,18,23-24H,16-17,29H2,1H3,(H,30,33)(H,32,34)/t23-,24-/m0/s1. The molecule has 10 nitrogen and oxygen atoms in total. The summed E-state index contributed by atoms with van der Waals surface area (Å²) >= 11 is 1.39. The van der Waals surface area contributed by atoms with Crippen molar-refractivity contribution in [3.63, 3.8) is 0 Å². The molecule has 2 atom stereocenters. The van der Waals surface area contributed by atoms with Gasteiger partial charge in [-0.25, -0.2) is 9.78 Å². The van der Waals surface area contributed by atoms with Crippen LogP contribution in [0.5, 0.6) is 0 Å². The van der Waals surface area contributed by atoms with Gasteiger partial charge in [-0.1, -0.05) is 72.8 Å². The number of ether oxygens (including phenoxy) is 1. The molecule has 4 rings (SSSR count). The zero-order chi connectivity index (χ0) is 28.5. The van der Waals surface area contributed by atoms with Crippen molar-refractivity contribution in [1.82, 2.24) is 15.6 Å². The molecule has 1 heterocycles. The van der Waals surface area contributed by atoms with Gasteiger partial charge in [0.2, 0.25) is 5.91 Å². The largest absolute Gasteiger partial charge is 0.453 e. The first-order chi connectivity index (χ1) is 19.3. The Hall–Kier alpha value is -4.10. The van der Waals surface area contributed by atoms with Gasteiger partial charge in [0.05, 0.1) is 23.7 Å². The first-order valence-electron chi connectivity index (χ1n) is 12.2. The van der Waals surface area contributed by atoms with Crippen LogP contribution in [0.25, 0.3) is 11.3 Å². The molecule has 0 saturated carbocycles. The fourth-order valence-corrected chi connectivity index (χ4v) is 5.46. The number of thiazole rings is 1. The van der Waals surface area contributed by atoms with Crippen molar-refractivity contribution >= 4 is 33.5 Å². The van der Waals surface area contributed by atoms with E-state index >= 15 is 0 Å². The minimum Gasteiger partial charge on any atom is -0.453 e. The van der Waals surface area contributed by atoms with E-state index in [0.717, 1.165) is 22.4 Å². The fourth-order valence-electron chi connectivity index (χ4n) is 4.01. The predicted octanol–water partition coefficient (Wildman–Crippen LogP) is 3.76. The Kier molecular flexibility index (Phi) is 9.61. The van der Waals surface area contributed by atoms with Gasteiger partial charge < -0.3 is 15.4 Å². The maximum Gasteiger partial charge on any atom is 0.407 e. The molecule has 0 bridgehead atoms. The monoisotopic (exact) mass is 580 g/mol. The molecule has 0 aliphatic rings. The quantitative estimate of drug-likeness (QED) is 0.227. The Bertz CT molecular complexity index is 1530. The van der Waals surface area contributed by atoms with Gasteiger partial charge in [-0.2, -0.15) is 18.6 Å². The number of nitrogens with zero attached hydrogens (tertiary/aromatic N) is 1. The second-order valence-electron chi connectivity index (χ2n) is 8.77. The lowest BCUT2D eigenvalue weighted by molar-refractivity contribution is -0.123. The molecule has 0 unspecified atom stereocenters. The Morgan fingerprint density at radius 2 is 1.52 bits per heavy atom. The van der Waals surface area contributed by atoms with Crippen molar-refractivity contribution in [2.45, 2.75) is 29.8 Å². The van der Waals surface area contributed by atoms with Crippen LogP contribution in [0.15, 0.2) is 95.2 Å². The second kappa shape index (κ2) is 13.3. The number of benzene rings is 3. The molecular formula is C28H28N4O6S2. The van der Waals surface area contributed by atoms with Crippen LogP contribution in [-0.2, 0) is 36.8 Å². The fraction of sp³-hybridized carbons (Fsp3) is 0.179. The Labute approximate surface area is 236 Å². The van der Waals surface area contributed by atoms with Crippen molar-refractivity contribution in [2.24, 2.45) is 5.90 Å². The van der Waals surface area contributed by atoms with Crippen molar-refractivity contribution in [2.75, 3.05) is 7.11 Å². The predicted molar refractivity (Wildman–Crippen MR) is 151 cm³/mol. The van der Waals surface area contributed by atoms with Crippen molar-refractivity contribution in [3.8, 4) is 11.3 Å². The van der Waals surface area contributed by atoms with Crippen LogP contribution in [0.3, 0.4) is 0 Å². The second-order valence-corrected chi connectivity index (χ2v) is 11.2. The van der Waals surface area contributed by atoms with Crippen LogP contribution < -0.4 is 16.5 Å². The number of methoxy groups -OCH3 is 1. The molecule has 4 aromatic rings. The number of nitrogens with two attached hydrogens (primary N) is 1. The van der Waals surface area contributed by atoms with Gasteiger partial charge >= 0.3 is 16.2 Å². The molecule has 208 valence electrons. The van der Waals surface area contributed by atoms with Gasteiger partial charge in [0.15, 0.2) is 0 Å². The summed E-state index contributed by atoms with van der Waals surface area (Å²) in [5.41, 5.74) is 3.28. The molecule has 0 fully saturated rings. The number of amides is 2.